The van der Waals surface area contributed by atoms with Crippen molar-refractivity contribution in [2.24, 2.45) is 0 Å². The number of nitrogens with zero attached hydrogens (tertiary/aromatic N) is 2. The lowest BCUT2D eigenvalue weighted by atomic mass is 10.2. The van der Waals surface area contributed by atoms with Gasteiger partial charge in [0.05, 0.1) is 12.8 Å². The van der Waals surface area contributed by atoms with Crippen LogP contribution in [0, 0.1) is 0 Å². The Bertz CT molecular complexity index is 840. The molecular formula is C19H19ClN2O4. The first-order valence-electron chi connectivity index (χ1n) is 8.07. The van der Waals surface area contributed by atoms with Gasteiger partial charge < -0.3 is 14.4 Å². The molecule has 0 saturated heterocycles. The number of methoxy groups -OCH3 is 1. The largest absolute Gasteiger partial charge is 0.497 e. The number of carbonyl (C=O) groups is 2. The Kier molecular flexibility index (Phi) is 5.32. The number of hydrogen-bond donors (Lipinski definition) is 0. The third-order valence-electron chi connectivity index (χ3n) is 4.14. The van der Waals surface area contributed by atoms with E-state index in [1.807, 2.05) is 24.3 Å². The Labute approximate surface area is 156 Å². The highest BCUT2D eigenvalue weighted by molar-refractivity contribution is 6.31. The molecule has 2 amide bonds. The first kappa shape index (κ1) is 18.1. The molecule has 1 aliphatic heterocycles. The summed E-state index contributed by atoms with van der Waals surface area (Å²) in [6, 6.07) is 12.5. The van der Waals surface area contributed by atoms with Crippen molar-refractivity contribution in [1.29, 1.82) is 0 Å². The molecule has 0 N–H and O–H groups in total. The van der Waals surface area contributed by atoms with Gasteiger partial charge in [0.1, 0.15) is 18.0 Å². The number of halogens is 1. The maximum Gasteiger partial charge on any atom is 0.265 e. The first-order chi connectivity index (χ1) is 12.5. The van der Waals surface area contributed by atoms with Crippen LogP contribution in [0.2, 0.25) is 5.02 Å². The molecule has 6 nitrogen and oxygen atoms in total. The molecule has 7 heteroatoms. The van der Waals surface area contributed by atoms with Crippen molar-refractivity contribution < 1.29 is 19.1 Å². The van der Waals surface area contributed by atoms with Crippen LogP contribution in [0.3, 0.4) is 0 Å². The van der Waals surface area contributed by atoms with Crippen molar-refractivity contribution in [2.45, 2.75) is 6.54 Å². The molecule has 1 aliphatic rings. The SMILES string of the molecule is COc1cccc(CN(C)C(=O)CN2C(=O)COc3ccc(Cl)cc32)c1. The summed E-state index contributed by atoms with van der Waals surface area (Å²) in [4.78, 5) is 27.9. The molecule has 0 bridgehead atoms. The fraction of sp³-hybridized carbons (Fsp3) is 0.263. The van der Waals surface area contributed by atoms with Gasteiger partial charge in [0.25, 0.3) is 5.91 Å². The first-order valence-corrected chi connectivity index (χ1v) is 8.45. The highest BCUT2D eigenvalue weighted by atomic mass is 35.5. The molecule has 0 aromatic heterocycles. The zero-order valence-electron chi connectivity index (χ0n) is 14.6. The van der Waals surface area contributed by atoms with E-state index in [2.05, 4.69) is 0 Å². The smallest absolute Gasteiger partial charge is 0.265 e. The van der Waals surface area contributed by atoms with Gasteiger partial charge in [-0.2, -0.15) is 0 Å². The second-order valence-electron chi connectivity index (χ2n) is 5.98. The third-order valence-corrected chi connectivity index (χ3v) is 4.37. The monoisotopic (exact) mass is 374 g/mol. The van der Waals surface area contributed by atoms with Gasteiger partial charge in [-0.25, -0.2) is 0 Å². The van der Waals surface area contributed by atoms with Crippen LogP contribution < -0.4 is 14.4 Å². The lowest BCUT2D eigenvalue weighted by Crippen LogP contribution is -2.45. The molecule has 2 aromatic carbocycles. The van der Waals surface area contributed by atoms with Crippen molar-refractivity contribution in [3.63, 3.8) is 0 Å². The van der Waals surface area contributed by atoms with Crippen molar-refractivity contribution in [1.82, 2.24) is 4.90 Å². The van der Waals surface area contributed by atoms with Crippen molar-refractivity contribution in [3.8, 4) is 11.5 Å². The molecule has 0 saturated carbocycles. The summed E-state index contributed by atoms with van der Waals surface area (Å²) in [5, 5.41) is 0.476. The Morgan fingerprint density at radius 2 is 2.12 bits per heavy atom. The number of hydrogen-bond acceptors (Lipinski definition) is 4. The number of amides is 2. The van der Waals surface area contributed by atoms with E-state index in [9.17, 15) is 9.59 Å². The topological polar surface area (TPSA) is 59.1 Å². The normalized spacial score (nSPS) is 13.0. The number of benzene rings is 2. The Morgan fingerprint density at radius 1 is 1.31 bits per heavy atom. The van der Waals surface area contributed by atoms with Gasteiger partial charge >= 0.3 is 0 Å². The predicted molar refractivity (Wildman–Crippen MR) is 98.8 cm³/mol. The molecule has 0 aliphatic carbocycles. The van der Waals surface area contributed by atoms with E-state index in [1.165, 1.54) is 4.90 Å². The highest BCUT2D eigenvalue weighted by Gasteiger charge is 2.28. The Balaban J connectivity index is 1.73. The van der Waals surface area contributed by atoms with E-state index in [4.69, 9.17) is 21.1 Å². The lowest BCUT2D eigenvalue weighted by molar-refractivity contribution is -0.131. The summed E-state index contributed by atoms with van der Waals surface area (Å²) >= 11 is 6.02. The van der Waals surface area contributed by atoms with E-state index in [1.54, 1.807) is 37.3 Å². The molecular weight excluding hydrogens is 356 g/mol. The maximum atomic E-state index is 12.6. The van der Waals surface area contributed by atoms with Crippen LogP contribution in [0.4, 0.5) is 5.69 Å². The molecule has 0 spiro atoms. The summed E-state index contributed by atoms with van der Waals surface area (Å²) < 4.78 is 10.6. The third kappa shape index (κ3) is 3.91. The molecule has 2 aromatic rings. The quantitative estimate of drug-likeness (QED) is 0.807. The zero-order chi connectivity index (χ0) is 18.7. The molecule has 0 fully saturated rings. The van der Waals surface area contributed by atoms with Crippen LogP contribution in [0.25, 0.3) is 0 Å². The number of ether oxygens (including phenoxy) is 2. The van der Waals surface area contributed by atoms with Gasteiger partial charge in [0.15, 0.2) is 6.61 Å². The van der Waals surface area contributed by atoms with E-state index < -0.39 is 0 Å². The van der Waals surface area contributed by atoms with E-state index in [0.29, 0.717) is 23.0 Å². The van der Waals surface area contributed by atoms with Gasteiger partial charge in [-0.15, -0.1) is 0 Å². The summed E-state index contributed by atoms with van der Waals surface area (Å²) in [5.41, 5.74) is 1.45. The Hall–Kier alpha value is -2.73. The molecule has 0 unspecified atom stereocenters. The standard InChI is InChI=1S/C19H19ClN2O4/c1-21(10-13-4-3-5-15(8-13)25-2)18(23)11-22-16-9-14(20)6-7-17(16)26-12-19(22)24/h3-9H,10-12H2,1-2H3. The fourth-order valence-electron chi connectivity index (χ4n) is 2.74. The molecule has 3 rings (SSSR count). The molecule has 136 valence electrons. The van der Waals surface area contributed by atoms with Crippen molar-refractivity contribution in [2.75, 3.05) is 32.2 Å². The number of likely N-dealkylation sites (N-methyl/N-ethyl adjacent to an activating group) is 1. The van der Waals surface area contributed by atoms with E-state index in [-0.39, 0.29) is 25.0 Å². The maximum absolute atomic E-state index is 12.6. The minimum atomic E-state index is -0.275. The van der Waals surface area contributed by atoms with Gasteiger partial charge in [-0.1, -0.05) is 23.7 Å². The lowest BCUT2D eigenvalue weighted by Gasteiger charge is -2.30. The van der Waals surface area contributed by atoms with Crippen LogP contribution in [-0.2, 0) is 16.1 Å². The van der Waals surface area contributed by atoms with Gasteiger partial charge in [-0.3, -0.25) is 14.5 Å². The minimum Gasteiger partial charge on any atom is -0.497 e. The average molecular weight is 375 g/mol. The second-order valence-corrected chi connectivity index (χ2v) is 6.42. The summed E-state index contributed by atoms with van der Waals surface area (Å²) in [6.45, 7) is 0.245. The van der Waals surface area contributed by atoms with Crippen LogP contribution in [0.15, 0.2) is 42.5 Å². The molecule has 26 heavy (non-hydrogen) atoms. The number of carbonyl (C=O) groups excluding carboxylic acids is 2. The number of fused-ring (bicyclic) bond motifs is 1. The van der Waals surface area contributed by atoms with Crippen molar-refractivity contribution >= 4 is 29.1 Å². The summed E-state index contributed by atoms with van der Waals surface area (Å²) in [5.74, 6) is 0.810. The number of rotatable bonds is 5. The second kappa shape index (κ2) is 7.66. The van der Waals surface area contributed by atoms with Crippen molar-refractivity contribution in [3.05, 3.63) is 53.1 Å². The molecule has 0 radical (unpaired) electrons. The van der Waals surface area contributed by atoms with Crippen LogP contribution in [0.1, 0.15) is 5.56 Å². The molecule has 1 heterocycles. The van der Waals surface area contributed by atoms with Crippen LogP contribution >= 0.6 is 11.6 Å². The average Bonchev–Trinajstić information content (AvgIpc) is 2.64. The van der Waals surface area contributed by atoms with Gasteiger partial charge in [0, 0.05) is 18.6 Å². The van der Waals surface area contributed by atoms with Crippen LogP contribution in [0.5, 0.6) is 11.5 Å². The van der Waals surface area contributed by atoms with Gasteiger partial charge in [-0.05, 0) is 35.9 Å². The highest BCUT2D eigenvalue weighted by Crippen LogP contribution is 2.34. The fourth-order valence-corrected chi connectivity index (χ4v) is 2.90. The van der Waals surface area contributed by atoms with E-state index >= 15 is 0 Å². The summed E-state index contributed by atoms with van der Waals surface area (Å²) in [6.07, 6.45) is 0. The summed E-state index contributed by atoms with van der Waals surface area (Å²) in [7, 11) is 3.30. The van der Waals surface area contributed by atoms with E-state index in [0.717, 1.165) is 11.3 Å². The Morgan fingerprint density at radius 3 is 2.88 bits per heavy atom. The molecule has 0 atom stereocenters. The van der Waals surface area contributed by atoms with Gasteiger partial charge in [0.2, 0.25) is 5.91 Å². The minimum absolute atomic E-state index is 0.0734. The van der Waals surface area contributed by atoms with Crippen LogP contribution in [-0.4, -0.2) is 44.0 Å². The zero-order valence-corrected chi connectivity index (χ0v) is 15.3. The predicted octanol–water partition coefficient (Wildman–Crippen LogP) is 2.73. The number of anilines is 1.